The topological polar surface area (TPSA) is 56.2 Å². The van der Waals surface area contributed by atoms with E-state index in [1.807, 2.05) is 6.92 Å². The molecule has 0 aliphatic carbocycles. The van der Waals surface area contributed by atoms with Gasteiger partial charge in [0, 0.05) is 31.0 Å². The van der Waals surface area contributed by atoms with Crippen LogP contribution in [0.2, 0.25) is 0 Å². The van der Waals surface area contributed by atoms with Gasteiger partial charge in [0.2, 0.25) is 0 Å². The average Bonchev–Trinajstić information content (AvgIpc) is 2.83. The largest absolute Gasteiger partial charge is 0.381 e. The molecule has 1 aromatic heterocycles. The number of imidazole rings is 1. The van der Waals surface area contributed by atoms with Crippen LogP contribution in [0.3, 0.4) is 0 Å². The second kappa shape index (κ2) is 5.12. The Morgan fingerprint density at radius 3 is 3.19 bits per heavy atom. The van der Waals surface area contributed by atoms with E-state index in [2.05, 4.69) is 10.3 Å². The Balaban J connectivity index is 1.86. The molecule has 5 heteroatoms. The predicted molar refractivity (Wildman–Crippen MR) is 59.2 cm³/mol. The molecule has 0 saturated carbocycles. The van der Waals surface area contributed by atoms with Gasteiger partial charge >= 0.3 is 6.03 Å². The molecule has 1 aromatic rings. The van der Waals surface area contributed by atoms with Crippen LogP contribution in [0.5, 0.6) is 0 Å². The number of nitrogens with zero attached hydrogens (tertiary/aromatic N) is 2. The molecule has 0 radical (unpaired) electrons. The summed E-state index contributed by atoms with van der Waals surface area (Å²) in [5.74, 6) is 0.418. The number of hydrogen-bond acceptors (Lipinski definition) is 3. The number of rotatable bonds is 2. The van der Waals surface area contributed by atoms with Gasteiger partial charge in [-0.2, -0.15) is 0 Å². The minimum absolute atomic E-state index is 0.129. The molecular formula is C11H17N3O2. The first-order valence-electron chi connectivity index (χ1n) is 5.64. The van der Waals surface area contributed by atoms with Gasteiger partial charge in [0.1, 0.15) is 6.33 Å². The van der Waals surface area contributed by atoms with Gasteiger partial charge in [-0.1, -0.05) is 0 Å². The highest BCUT2D eigenvalue weighted by atomic mass is 16.5. The van der Waals surface area contributed by atoms with Crippen LogP contribution >= 0.6 is 0 Å². The third-order valence-corrected chi connectivity index (χ3v) is 2.99. The van der Waals surface area contributed by atoms with E-state index in [1.165, 1.54) is 10.9 Å². The summed E-state index contributed by atoms with van der Waals surface area (Å²) in [6.45, 7) is 3.61. The van der Waals surface area contributed by atoms with Crippen LogP contribution < -0.4 is 5.32 Å². The van der Waals surface area contributed by atoms with Crippen molar-refractivity contribution in [2.45, 2.75) is 25.8 Å². The molecule has 0 spiro atoms. The van der Waals surface area contributed by atoms with Crippen molar-refractivity contribution in [2.24, 2.45) is 5.92 Å². The van der Waals surface area contributed by atoms with Gasteiger partial charge in [-0.05, 0) is 19.8 Å². The Kier molecular flexibility index (Phi) is 3.56. The van der Waals surface area contributed by atoms with Crippen LogP contribution in [0.1, 0.15) is 19.8 Å². The summed E-state index contributed by atoms with van der Waals surface area (Å²) in [5, 5.41) is 2.96. The highest BCUT2D eigenvalue weighted by molar-refractivity contribution is 5.76. The van der Waals surface area contributed by atoms with Gasteiger partial charge in [0.15, 0.2) is 0 Å². The van der Waals surface area contributed by atoms with Gasteiger partial charge in [-0.25, -0.2) is 9.78 Å². The molecule has 1 N–H and O–H groups in total. The molecule has 1 amide bonds. The minimum Gasteiger partial charge on any atom is -0.381 e. The molecule has 1 aliphatic rings. The molecule has 2 unspecified atom stereocenters. The summed E-state index contributed by atoms with van der Waals surface area (Å²) in [7, 11) is 0. The third kappa shape index (κ3) is 2.61. The number of carbonyl (C=O) groups excluding carboxylic acids is 1. The van der Waals surface area contributed by atoms with Crippen molar-refractivity contribution in [3.05, 3.63) is 18.7 Å². The summed E-state index contributed by atoms with van der Waals surface area (Å²) in [6, 6.07) is 0.00535. The highest BCUT2D eigenvalue weighted by Crippen LogP contribution is 2.17. The van der Waals surface area contributed by atoms with Crippen molar-refractivity contribution in [1.29, 1.82) is 0 Å². The van der Waals surface area contributed by atoms with E-state index in [0.717, 1.165) is 26.1 Å². The standard InChI is InChI=1S/C11H17N3O2/c1-9(10-3-2-6-16-7-10)13-11(15)14-5-4-12-8-14/h4-5,8-10H,2-3,6-7H2,1H3,(H,13,15). The quantitative estimate of drug-likeness (QED) is 0.821. The van der Waals surface area contributed by atoms with Gasteiger partial charge in [-0.3, -0.25) is 4.57 Å². The molecule has 2 heterocycles. The first-order chi connectivity index (χ1) is 7.77. The number of ether oxygens (including phenoxy) is 1. The Labute approximate surface area is 94.8 Å². The smallest absolute Gasteiger partial charge is 0.327 e. The normalized spacial score (nSPS) is 22.7. The Morgan fingerprint density at radius 1 is 1.69 bits per heavy atom. The Hall–Kier alpha value is -1.36. The molecular weight excluding hydrogens is 206 g/mol. The van der Waals surface area contributed by atoms with E-state index in [1.54, 1.807) is 12.4 Å². The average molecular weight is 223 g/mol. The van der Waals surface area contributed by atoms with Gasteiger partial charge in [0.25, 0.3) is 0 Å². The second-order valence-corrected chi connectivity index (χ2v) is 4.19. The second-order valence-electron chi connectivity index (χ2n) is 4.19. The van der Waals surface area contributed by atoms with Gasteiger partial charge in [-0.15, -0.1) is 0 Å². The van der Waals surface area contributed by atoms with Crippen LogP contribution in [0, 0.1) is 5.92 Å². The molecule has 1 saturated heterocycles. The van der Waals surface area contributed by atoms with Gasteiger partial charge in [0.05, 0.1) is 6.61 Å². The summed E-state index contributed by atoms with van der Waals surface area (Å²) in [6.07, 6.45) is 6.92. The van der Waals surface area contributed by atoms with Crippen LogP contribution in [0.4, 0.5) is 4.79 Å². The zero-order valence-corrected chi connectivity index (χ0v) is 9.43. The summed E-state index contributed by atoms with van der Waals surface area (Å²) >= 11 is 0. The maximum Gasteiger partial charge on any atom is 0.327 e. The van der Waals surface area contributed by atoms with Crippen LogP contribution in [-0.2, 0) is 4.74 Å². The highest BCUT2D eigenvalue weighted by Gasteiger charge is 2.22. The molecule has 2 rings (SSSR count). The Bertz CT molecular complexity index is 331. The van der Waals surface area contributed by atoms with E-state index in [-0.39, 0.29) is 12.1 Å². The number of nitrogens with one attached hydrogen (secondary N) is 1. The van der Waals surface area contributed by atoms with Crippen LogP contribution in [0.15, 0.2) is 18.7 Å². The molecule has 88 valence electrons. The lowest BCUT2D eigenvalue weighted by Gasteiger charge is -2.28. The number of aromatic nitrogens is 2. The zero-order valence-electron chi connectivity index (χ0n) is 9.43. The van der Waals surface area contributed by atoms with Gasteiger partial charge < -0.3 is 10.1 Å². The molecule has 0 aromatic carbocycles. The summed E-state index contributed by atoms with van der Waals surface area (Å²) in [5.41, 5.74) is 0. The van der Waals surface area contributed by atoms with E-state index in [9.17, 15) is 4.79 Å². The van der Waals surface area contributed by atoms with Crippen LogP contribution in [-0.4, -0.2) is 34.8 Å². The SMILES string of the molecule is CC(NC(=O)n1ccnc1)C1CCCOC1. The number of carbonyl (C=O) groups is 1. The summed E-state index contributed by atoms with van der Waals surface area (Å²) in [4.78, 5) is 15.6. The maximum absolute atomic E-state index is 11.7. The van der Waals surface area contributed by atoms with E-state index >= 15 is 0 Å². The molecule has 1 fully saturated rings. The lowest BCUT2D eigenvalue weighted by Crippen LogP contribution is -2.42. The fraction of sp³-hybridized carbons (Fsp3) is 0.636. The minimum atomic E-state index is -0.129. The molecule has 5 nitrogen and oxygen atoms in total. The van der Waals surface area contributed by atoms with E-state index in [4.69, 9.17) is 4.74 Å². The fourth-order valence-corrected chi connectivity index (χ4v) is 1.93. The van der Waals surface area contributed by atoms with E-state index < -0.39 is 0 Å². The molecule has 2 atom stereocenters. The lowest BCUT2D eigenvalue weighted by molar-refractivity contribution is 0.0435. The Morgan fingerprint density at radius 2 is 2.56 bits per heavy atom. The van der Waals surface area contributed by atoms with Crippen molar-refractivity contribution in [3.63, 3.8) is 0 Å². The first-order valence-corrected chi connectivity index (χ1v) is 5.64. The maximum atomic E-state index is 11.7. The van der Waals surface area contributed by atoms with Crippen molar-refractivity contribution >= 4 is 6.03 Å². The fourth-order valence-electron chi connectivity index (χ4n) is 1.93. The molecule has 0 bridgehead atoms. The molecule has 16 heavy (non-hydrogen) atoms. The zero-order chi connectivity index (χ0) is 11.4. The third-order valence-electron chi connectivity index (χ3n) is 2.99. The first kappa shape index (κ1) is 11.1. The number of hydrogen-bond donors (Lipinski definition) is 1. The van der Waals surface area contributed by atoms with Crippen LogP contribution in [0.25, 0.3) is 0 Å². The van der Waals surface area contributed by atoms with Crippen molar-refractivity contribution in [1.82, 2.24) is 14.9 Å². The van der Waals surface area contributed by atoms with E-state index in [0.29, 0.717) is 5.92 Å². The summed E-state index contributed by atoms with van der Waals surface area (Å²) < 4.78 is 6.85. The van der Waals surface area contributed by atoms with Crippen molar-refractivity contribution in [2.75, 3.05) is 13.2 Å². The van der Waals surface area contributed by atoms with Crippen molar-refractivity contribution < 1.29 is 9.53 Å². The molecule has 1 aliphatic heterocycles. The monoisotopic (exact) mass is 223 g/mol. The number of amides is 1. The predicted octanol–water partition coefficient (Wildman–Crippen LogP) is 1.26. The lowest BCUT2D eigenvalue weighted by atomic mass is 9.95. The van der Waals surface area contributed by atoms with Crippen molar-refractivity contribution in [3.8, 4) is 0 Å².